The molecule has 0 aromatic heterocycles. The lowest BCUT2D eigenvalue weighted by molar-refractivity contribution is -0.122. The number of amides is 2. The van der Waals surface area contributed by atoms with E-state index >= 15 is 0 Å². The van der Waals surface area contributed by atoms with E-state index in [0.717, 1.165) is 16.7 Å². The molecule has 0 saturated carbocycles. The molecule has 0 spiro atoms. The second kappa shape index (κ2) is 7.48. The largest absolute Gasteiger partial charge is 0.478 e. The van der Waals surface area contributed by atoms with Crippen LogP contribution in [0.1, 0.15) is 5.56 Å². The van der Waals surface area contributed by atoms with Crippen molar-refractivity contribution < 1.29 is 14.3 Å². The Balaban J connectivity index is 2.31. The van der Waals surface area contributed by atoms with Crippen molar-refractivity contribution in [3.8, 4) is 30.4 Å². The van der Waals surface area contributed by atoms with Crippen molar-refractivity contribution in [3.05, 3.63) is 32.6 Å². The average Bonchev–Trinajstić information content (AvgIpc) is 2.74. The maximum Gasteiger partial charge on any atom is 0.294 e. The molecule has 1 aliphatic heterocycles. The summed E-state index contributed by atoms with van der Waals surface area (Å²) in [6, 6.07) is 3.13. The maximum absolute atomic E-state index is 12.1. The predicted molar refractivity (Wildman–Crippen MR) is 92.3 cm³/mol. The summed E-state index contributed by atoms with van der Waals surface area (Å²) in [5, 5.41) is 0.0917. The van der Waals surface area contributed by atoms with Gasteiger partial charge in [-0.15, -0.1) is 12.8 Å². The Hall–Kier alpha value is -2.05. The van der Waals surface area contributed by atoms with E-state index in [9.17, 15) is 9.59 Å². The Morgan fingerprint density at radius 3 is 2.43 bits per heavy atom. The molecule has 0 unspecified atom stereocenters. The van der Waals surface area contributed by atoms with Gasteiger partial charge in [-0.1, -0.05) is 35.0 Å². The first-order valence-electron chi connectivity index (χ1n) is 6.22. The summed E-state index contributed by atoms with van der Waals surface area (Å²) in [5.74, 6) is 4.40. The molecule has 0 aliphatic carbocycles. The highest BCUT2D eigenvalue weighted by atomic mass is 35.5. The number of carbonyl (C=O) groups is 2. The standard InChI is InChI=1S/C16H9Cl2NO3S/c1-3-5-19-15(20)13(23-16(19)21)9-10-7-11(17)14(12(18)8-10)22-6-4-2/h1-2,7-9H,5-6H2. The molecule has 1 aliphatic rings. The molecule has 116 valence electrons. The Bertz CT molecular complexity index is 766. The molecule has 2 rings (SSSR count). The number of hydrogen-bond acceptors (Lipinski definition) is 4. The molecule has 2 amide bonds. The number of rotatable bonds is 4. The average molecular weight is 366 g/mol. The highest BCUT2D eigenvalue weighted by molar-refractivity contribution is 8.18. The molecule has 0 bridgehead atoms. The first kappa shape index (κ1) is 17.3. The van der Waals surface area contributed by atoms with E-state index in [4.69, 9.17) is 40.8 Å². The molecule has 0 radical (unpaired) electrons. The Morgan fingerprint density at radius 1 is 1.22 bits per heavy atom. The number of halogens is 2. The van der Waals surface area contributed by atoms with E-state index < -0.39 is 11.1 Å². The van der Waals surface area contributed by atoms with Gasteiger partial charge in [0.05, 0.1) is 21.5 Å². The normalized spacial score (nSPS) is 15.7. The summed E-state index contributed by atoms with van der Waals surface area (Å²) in [5.41, 5.74) is 0.555. The van der Waals surface area contributed by atoms with E-state index in [1.165, 1.54) is 6.08 Å². The SMILES string of the molecule is C#CCOc1c(Cl)cc(C=C2SC(=O)N(CC#C)C2=O)cc1Cl. The Morgan fingerprint density at radius 2 is 1.87 bits per heavy atom. The number of ether oxygens (including phenoxy) is 1. The number of hydrogen-bond donors (Lipinski definition) is 0. The van der Waals surface area contributed by atoms with Crippen LogP contribution in [-0.4, -0.2) is 29.2 Å². The van der Waals surface area contributed by atoms with E-state index in [1.807, 2.05) is 0 Å². The van der Waals surface area contributed by atoms with Crippen LogP contribution in [0.15, 0.2) is 17.0 Å². The second-order valence-corrected chi connectivity index (χ2v) is 6.09. The van der Waals surface area contributed by atoms with E-state index in [1.54, 1.807) is 12.1 Å². The minimum atomic E-state index is -0.446. The summed E-state index contributed by atoms with van der Waals surface area (Å²) < 4.78 is 5.25. The third-order valence-corrected chi connectivity index (χ3v) is 4.21. The van der Waals surface area contributed by atoms with E-state index in [-0.39, 0.29) is 33.9 Å². The monoisotopic (exact) mass is 365 g/mol. The molecule has 0 atom stereocenters. The highest BCUT2D eigenvalue weighted by Crippen LogP contribution is 2.37. The fourth-order valence-electron chi connectivity index (χ4n) is 1.79. The molecule has 1 aromatic rings. The van der Waals surface area contributed by atoms with Crippen molar-refractivity contribution in [1.82, 2.24) is 4.90 Å². The molecule has 1 aromatic carbocycles. The first-order valence-corrected chi connectivity index (χ1v) is 7.79. The number of thioether (sulfide) groups is 1. The van der Waals surface area contributed by atoms with Gasteiger partial charge in [-0.05, 0) is 35.5 Å². The predicted octanol–water partition coefficient (Wildman–Crippen LogP) is 3.67. The van der Waals surface area contributed by atoms with Crippen molar-refractivity contribution in [1.29, 1.82) is 0 Å². The fourth-order valence-corrected chi connectivity index (χ4v) is 3.24. The van der Waals surface area contributed by atoms with Crippen LogP contribution in [-0.2, 0) is 4.79 Å². The highest BCUT2D eigenvalue weighted by Gasteiger charge is 2.34. The molecule has 1 saturated heterocycles. The van der Waals surface area contributed by atoms with Gasteiger partial charge in [0, 0.05) is 0 Å². The Labute approximate surface area is 147 Å². The Kier molecular flexibility index (Phi) is 5.63. The van der Waals surface area contributed by atoms with Gasteiger partial charge in [0.15, 0.2) is 5.75 Å². The smallest absolute Gasteiger partial charge is 0.294 e. The number of terminal acetylenes is 2. The zero-order chi connectivity index (χ0) is 17.0. The van der Waals surface area contributed by atoms with Gasteiger partial charge in [-0.2, -0.15) is 0 Å². The van der Waals surface area contributed by atoms with Gasteiger partial charge >= 0.3 is 0 Å². The van der Waals surface area contributed by atoms with E-state index in [2.05, 4.69) is 11.8 Å². The van der Waals surface area contributed by atoms with Gasteiger partial charge in [-0.25, -0.2) is 0 Å². The zero-order valence-corrected chi connectivity index (χ0v) is 14.0. The van der Waals surface area contributed by atoms with Crippen molar-refractivity contribution in [2.24, 2.45) is 0 Å². The molecule has 23 heavy (non-hydrogen) atoms. The third-order valence-electron chi connectivity index (χ3n) is 2.74. The third kappa shape index (κ3) is 3.83. The minimum Gasteiger partial charge on any atom is -0.478 e. The zero-order valence-electron chi connectivity index (χ0n) is 11.6. The lowest BCUT2D eigenvalue weighted by Gasteiger charge is -2.09. The van der Waals surface area contributed by atoms with Crippen molar-refractivity contribution in [3.63, 3.8) is 0 Å². The van der Waals surface area contributed by atoms with Crippen LogP contribution in [0.5, 0.6) is 5.75 Å². The topological polar surface area (TPSA) is 46.6 Å². The molecule has 7 heteroatoms. The number of benzene rings is 1. The van der Waals surface area contributed by atoms with Crippen LogP contribution in [0, 0.1) is 24.7 Å². The van der Waals surface area contributed by atoms with Crippen LogP contribution in [0.4, 0.5) is 4.79 Å². The number of carbonyl (C=O) groups excluding carboxylic acids is 2. The fraction of sp³-hybridized carbons (Fsp3) is 0.125. The quantitative estimate of drug-likeness (QED) is 0.603. The molecular weight excluding hydrogens is 357 g/mol. The van der Waals surface area contributed by atoms with Crippen LogP contribution >= 0.6 is 35.0 Å². The van der Waals surface area contributed by atoms with Gasteiger partial charge in [0.2, 0.25) is 0 Å². The van der Waals surface area contributed by atoms with Crippen molar-refractivity contribution >= 4 is 52.2 Å². The number of nitrogens with zero attached hydrogens (tertiary/aromatic N) is 1. The number of imide groups is 1. The van der Waals surface area contributed by atoms with E-state index in [0.29, 0.717) is 5.56 Å². The molecular formula is C16H9Cl2NO3S. The molecule has 1 heterocycles. The molecule has 1 fully saturated rings. The lowest BCUT2D eigenvalue weighted by atomic mass is 10.2. The minimum absolute atomic E-state index is 0.0315. The van der Waals surface area contributed by atoms with Crippen LogP contribution in [0.3, 0.4) is 0 Å². The van der Waals surface area contributed by atoms with Gasteiger partial charge in [-0.3, -0.25) is 14.5 Å². The molecule has 0 N–H and O–H groups in total. The summed E-state index contributed by atoms with van der Waals surface area (Å²) in [4.78, 5) is 25.1. The van der Waals surface area contributed by atoms with Gasteiger partial charge in [0.25, 0.3) is 11.1 Å². The second-order valence-electron chi connectivity index (χ2n) is 4.28. The summed E-state index contributed by atoms with van der Waals surface area (Å²) in [6.45, 7) is -0.0356. The first-order chi connectivity index (χ1) is 11.0. The van der Waals surface area contributed by atoms with Gasteiger partial charge in [0.1, 0.15) is 6.61 Å². The summed E-state index contributed by atoms with van der Waals surface area (Å²) in [6.07, 6.45) is 11.8. The lowest BCUT2D eigenvalue weighted by Crippen LogP contribution is -2.28. The van der Waals surface area contributed by atoms with Gasteiger partial charge < -0.3 is 4.74 Å². The molecule has 4 nitrogen and oxygen atoms in total. The van der Waals surface area contributed by atoms with Crippen molar-refractivity contribution in [2.45, 2.75) is 0 Å². The summed E-state index contributed by atoms with van der Waals surface area (Å²) in [7, 11) is 0. The maximum atomic E-state index is 12.1. The van der Waals surface area contributed by atoms with Crippen LogP contribution in [0.25, 0.3) is 6.08 Å². The van der Waals surface area contributed by atoms with Crippen LogP contribution in [0.2, 0.25) is 10.0 Å². The summed E-state index contributed by atoms with van der Waals surface area (Å²) >= 11 is 13.0. The van der Waals surface area contributed by atoms with Crippen LogP contribution < -0.4 is 4.74 Å². The van der Waals surface area contributed by atoms with Crippen molar-refractivity contribution in [2.75, 3.05) is 13.2 Å².